The maximum absolute atomic E-state index is 9.46. The van der Waals surface area contributed by atoms with Crippen LogP contribution in [0.5, 0.6) is 0 Å². The number of ether oxygens (including phenoxy) is 1. The monoisotopic (exact) mass is 156 g/mol. The molecule has 0 aliphatic carbocycles. The van der Waals surface area contributed by atoms with Crippen LogP contribution in [0.25, 0.3) is 0 Å². The Bertz CT molecular complexity index is 180. The Kier molecular flexibility index (Phi) is 1.85. The van der Waals surface area contributed by atoms with Gasteiger partial charge < -0.3 is 9.84 Å². The van der Waals surface area contributed by atoms with Gasteiger partial charge in [0.2, 0.25) is 0 Å². The fourth-order valence-corrected chi connectivity index (χ4v) is 1.33. The second kappa shape index (κ2) is 2.32. The Morgan fingerprint density at radius 3 is 2.18 bits per heavy atom. The first-order valence-corrected chi connectivity index (χ1v) is 3.91. The molecule has 2 heteroatoms. The smallest absolute Gasteiger partial charge is 0.101 e. The van der Waals surface area contributed by atoms with Crippen molar-refractivity contribution in [1.29, 1.82) is 0 Å². The molecule has 1 aliphatic rings. The first kappa shape index (κ1) is 8.75. The standard InChI is InChI=1S/C9H16O2/c1-8(2)6-5-7(10)9(3,4)11-8/h5-7,10H,1-4H3. The summed E-state index contributed by atoms with van der Waals surface area (Å²) in [6, 6.07) is 0. The Labute approximate surface area is 67.9 Å². The van der Waals surface area contributed by atoms with E-state index in [1.807, 2.05) is 33.8 Å². The van der Waals surface area contributed by atoms with E-state index in [0.29, 0.717) is 0 Å². The number of aliphatic hydroxyl groups is 1. The fraction of sp³-hybridized carbons (Fsp3) is 0.778. The molecule has 0 aromatic heterocycles. The maximum Gasteiger partial charge on any atom is 0.101 e. The van der Waals surface area contributed by atoms with Crippen LogP contribution >= 0.6 is 0 Å². The minimum Gasteiger partial charge on any atom is -0.386 e. The third-order valence-electron chi connectivity index (χ3n) is 1.92. The molecular formula is C9H16O2. The van der Waals surface area contributed by atoms with Gasteiger partial charge in [0, 0.05) is 0 Å². The van der Waals surface area contributed by atoms with E-state index in [-0.39, 0.29) is 5.60 Å². The zero-order chi connectivity index (χ0) is 8.70. The zero-order valence-electron chi connectivity index (χ0n) is 7.59. The lowest BCUT2D eigenvalue weighted by atomic mass is 9.93. The van der Waals surface area contributed by atoms with Gasteiger partial charge in [-0.25, -0.2) is 0 Å². The molecule has 1 unspecified atom stereocenters. The van der Waals surface area contributed by atoms with Crippen LogP contribution in [0.3, 0.4) is 0 Å². The van der Waals surface area contributed by atoms with Crippen molar-refractivity contribution in [3.8, 4) is 0 Å². The summed E-state index contributed by atoms with van der Waals surface area (Å²) in [6.07, 6.45) is 3.20. The number of hydrogen-bond acceptors (Lipinski definition) is 2. The summed E-state index contributed by atoms with van der Waals surface area (Å²) in [5.41, 5.74) is -0.707. The van der Waals surface area contributed by atoms with E-state index in [4.69, 9.17) is 4.74 Å². The second-order valence-electron chi connectivity index (χ2n) is 4.11. The minimum absolute atomic E-state index is 0.247. The molecule has 0 saturated carbocycles. The van der Waals surface area contributed by atoms with Gasteiger partial charge in [0.05, 0.1) is 11.2 Å². The summed E-state index contributed by atoms with van der Waals surface area (Å²) in [6.45, 7) is 7.75. The molecule has 11 heavy (non-hydrogen) atoms. The van der Waals surface area contributed by atoms with Crippen LogP contribution in [0.15, 0.2) is 12.2 Å². The third-order valence-corrected chi connectivity index (χ3v) is 1.92. The van der Waals surface area contributed by atoms with E-state index in [1.165, 1.54) is 0 Å². The van der Waals surface area contributed by atoms with Gasteiger partial charge >= 0.3 is 0 Å². The number of aliphatic hydroxyl groups excluding tert-OH is 1. The van der Waals surface area contributed by atoms with E-state index in [1.54, 1.807) is 6.08 Å². The lowest BCUT2D eigenvalue weighted by Gasteiger charge is -2.40. The van der Waals surface area contributed by atoms with Gasteiger partial charge in [-0.1, -0.05) is 12.2 Å². The van der Waals surface area contributed by atoms with Gasteiger partial charge in [0.25, 0.3) is 0 Å². The van der Waals surface area contributed by atoms with Gasteiger partial charge in [-0.05, 0) is 27.7 Å². The predicted molar refractivity (Wildman–Crippen MR) is 44.4 cm³/mol. The van der Waals surface area contributed by atoms with Crippen LogP contribution in [-0.4, -0.2) is 22.4 Å². The quantitative estimate of drug-likeness (QED) is 0.538. The molecule has 1 aliphatic heterocycles. The average molecular weight is 156 g/mol. The van der Waals surface area contributed by atoms with Crippen LogP contribution < -0.4 is 0 Å². The Hall–Kier alpha value is -0.340. The van der Waals surface area contributed by atoms with Crippen LogP contribution in [0, 0.1) is 0 Å². The molecule has 1 N–H and O–H groups in total. The Balaban J connectivity index is 2.85. The first-order chi connectivity index (χ1) is 4.83. The summed E-state index contributed by atoms with van der Waals surface area (Å²) >= 11 is 0. The number of hydrogen-bond donors (Lipinski definition) is 1. The summed E-state index contributed by atoms with van der Waals surface area (Å²) < 4.78 is 5.64. The van der Waals surface area contributed by atoms with Gasteiger partial charge in [0.15, 0.2) is 0 Å². The van der Waals surface area contributed by atoms with Gasteiger partial charge in [-0.15, -0.1) is 0 Å². The highest BCUT2D eigenvalue weighted by atomic mass is 16.5. The molecule has 1 rings (SSSR count). The van der Waals surface area contributed by atoms with Crippen molar-refractivity contribution in [1.82, 2.24) is 0 Å². The van der Waals surface area contributed by atoms with E-state index in [0.717, 1.165) is 0 Å². The van der Waals surface area contributed by atoms with E-state index < -0.39 is 11.7 Å². The van der Waals surface area contributed by atoms with Crippen LogP contribution in [0.1, 0.15) is 27.7 Å². The molecule has 0 aromatic rings. The molecule has 64 valence electrons. The van der Waals surface area contributed by atoms with Crippen molar-refractivity contribution in [2.24, 2.45) is 0 Å². The Morgan fingerprint density at radius 2 is 1.82 bits per heavy atom. The van der Waals surface area contributed by atoms with Crippen LogP contribution in [-0.2, 0) is 4.74 Å². The average Bonchev–Trinajstić information content (AvgIpc) is 1.77. The lowest BCUT2D eigenvalue weighted by molar-refractivity contribution is -0.151. The fourth-order valence-electron chi connectivity index (χ4n) is 1.33. The second-order valence-corrected chi connectivity index (χ2v) is 4.11. The molecule has 1 atom stereocenters. The van der Waals surface area contributed by atoms with Crippen LogP contribution in [0.4, 0.5) is 0 Å². The van der Waals surface area contributed by atoms with Crippen molar-refractivity contribution >= 4 is 0 Å². The van der Waals surface area contributed by atoms with Crippen LogP contribution in [0.2, 0.25) is 0 Å². The minimum atomic E-state index is -0.490. The molecule has 0 aromatic carbocycles. The van der Waals surface area contributed by atoms with E-state index in [9.17, 15) is 5.11 Å². The molecular weight excluding hydrogens is 140 g/mol. The molecule has 0 fully saturated rings. The highest BCUT2D eigenvalue weighted by Crippen LogP contribution is 2.29. The molecule has 0 radical (unpaired) electrons. The van der Waals surface area contributed by atoms with Crippen molar-refractivity contribution < 1.29 is 9.84 Å². The van der Waals surface area contributed by atoms with E-state index >= 15 is 0 Å². The van der Waals surface area contributed by atoms with Crippen molar-refractivity contribution in [2.45, 2.75) is 45.0 Å². The van der Waals surface area contributed by atoms with Crippen molar-refractivity contribution in [3.63, 3.8) is 0 Å². The molecule has 0 amide bonds. The lowest BCUT2D eigenvalue weighted by Crippen LogP contribution is -2.47. The van der Waals surface area contributed by atoms with Gasteiger partial charge in [-0.2, -0.15) is 0 Å². The zero-order valence-corrected chi connectivity index (χ0v) is 7.59. The molecule has 0 saturated heterocycles. The summed E-state index contributed by atoms with van der Waals surface area (Å²) in [5, 5.41) is 9.46. The highest BCUT2D eigenvalue weighted by molar-refractivity contribution is 5.10. The summed E-state index contributed by atoms with van der Waals surface area (Å²) in [5.74, 6) is 0. The highest BCUT2D eigenvalue weighted by Gasteiger charge is 2.36. The predicted octanol–water partition coefficient (Wildman–Crippen LogP) is 1.49. The first-order valence-electron chi connectivity index (χ1n) is 3.91. The van der Waals surface area contributed by atoms with Crippen molar-refractivity contribution in [2.75, 3.05) is 0 Å². The van der Waals surface area contributed by atoms with E-state index in [2.05, 4.69) is 0 Å². The SMILES string of the molecule is CC1(C)C=CC(O)C(C)(C)O1. The van der Waals surface area contributed by atoms with Crippen molar-refractivity contribution in [3.05, 3.63) is 12.2 Å². The van der Waals surface area contributed by atoms with Gasteiger partial charge in [0.1, 0.15) is 6.10 Å². The number of rotatable bonds is 0. The van der Waals surface area contributed by atoms with Gasteiger partial charge in [-0.3, -0.25) is 0 Å². The topological polar surface area (TPSA) is 29.5 Å². The molecule has 0 bridgehead atoms. The normalized spacial score (nSPS) is 33.7. The summed E-state index contributed by atoms with van der Waals surface area (Å²) in [4.78, 5) is 0. The Morgan fingerprint density at radius 1 is 1.27 bits per heavy atom. The third kappa shape index (κ3) is 1.82. The largest absolute Gasteiger partial charge is 0.386 e. The summed E-state index contributed by atoms with van der Waals surface area (Å²) in [7, 11) is 0. The molecule has 2 nitrogen and oxygen atoms in total. The molecule has 0 spiro atoms. The molecule has 1 heterocycles. The maximum atomic E-state index is 9.46.